The van der Waals surface area contributed by atoms with E-state index in [1.807, 2.05) is 0 Å². The normalized spacial score (nSPS) is 30.5. The third kappa shape index (κ3) is 2.29. The molecule has 114 valence electrons. The standard InChI is InChI=1S/C22H26/c1-17-3-5-18(6-4-17)19-7-9-20(10-8-19)22-14-11-21(2,12-15-22)13-16-22/h3-10H,11-16H2,1-2H3. The first-order valence-electron chi connectivity index (χ1n) is 8.76. The number of hydrogen-bond donors (Lipinski definition) is 0. The second kappa shape index (κ2) is 4.98. The van der Waals surface area contributed by atoms with E-state index in [-0.39, 0.29) is 0 Å². The van der Waals surface area contributed by atoms with Crippen molar-refractivity contribution in [2.45, 2.75) is 57.8 Å². The molecule has 3 aliphatic carbocycles. The summed E-state index contributed by atoms with van der Waals surface area (Å²) in [5.74, 6) is 0. The average Bonchev–Trinajstić information content (AvgIpc) is 2.57. The van der Waals surface area contributed by atoms with Gasteiger partial charge in [0.05, 0.1) is 0 Å². The van der Waals surface area contributed by atoms with Crippen LogP contribution in [0.5, 0.6) is 0 Å². The Bertz CT molecular complexity index is 636. The Morgan fingerprint density at radius 1 is 0.636 bits per heavy atom. The van der Waals surface area contributed by atoms with Gasteiger partial charge in [0.25, 0.3) is 0 Å². The van der Waals surface area contributed by atoms with E-state index in [1.165, 1.54) is 55.2 Å². The molecule has 0 nitrogen and oxygen atoms in total. The van der Waals surface area contributed by atoms with Crippen molar-refractivity contribution in [2.75, 3.05) is 0 Å². The molecule has 0 unspecified atom stereocenters. The fraction of sp³-hybridized carbons (Fsp3) is 0.455. The molecule has 3 aliphatic rings. The molecule has 0 saturated heterocycles. The molecular formula is C22H26. The maximum absolute atomic E-state index is 2.50. The average molecular weight is 290 g/mol. The molecule has 3 saturated carbocycles. The third-order valence-electron chi connectivity index (χ3n) is 6.50. The Hall–Kier alpha value is -1.56. The fourth-order valence-electron chi connectivity index (χ4n) is 4.57. The number of hydrogen-bond acceptors (Lipinski definition) is 0. The van der Waals surface area contributed by atoms with Crippen LogP contribution in [-0.4, -0.2) is 0 Å². The molecule has 5 rings (SSSR count). The van der Waals surface area contributed by atoms with E-state index >= 15 is 0 Å². The Labute approximate surface area is 134 Å². The van der Waals surface area contributed by atoms with E-state index in [4.69, 9.17) is 0 Å². The van der Waals surface area contributed by atoms with Crippen molar-refractivity contribution in [3.8, 4) is 11.1 Å². The molecule has 2 aromatic carbocycles. The van der Waals surface area contributed by atoms with E-state index < -0.39 is 0 Å². The summed E-state index contributed by atoms with van der Waals surface area (Å²) >= 11 is 0. The molecule has 2 aromatic rings. The van der Waals surface area contributed by atoms with Crippen LogP contribution in [0.15, 0.2) is 48.5 Å². The predicted octanol–water partition coefficient (Wildman–Crippen LogP) is 6.27. The summed E-state index contributed by atoms with van der Waals surface area (Å²) in [5.41, 5.74) is 6.73. The summed E-state index contributed by atoms with van der Waals surface area (Å²) in [5, 5.41) is 0. The number of fused-ring (bicyclic) bond motifs is 3. The predicted molar refractivity (Wildman–Crippen MR) is 94.1 cm³/mol. The highest BCUT2D eigenvalue weighted by atomic mass is 14.5. The summed E-state index contributed by atoms with van der Waals surface area (Å²) in [7, 11) is 0. The van der Waals surface area contributed by atoms with Gasteiger partial charge in [-0.15, -0.1) is 0 Å². The van der Waals surface area contributed by atoms with Crippen molar-refractivity contribution in [2.24, 2.45) is 5.41 Å². The van der Waals surface area contributed by atoms with E-state index in [9.17, 15) is 0 Å². The molecule has 0 spiro atoms. The van der Waals surface area contributed by atoms with E-state index in [2.05, 4.69) is 62.4 Å². The van der Waals surface area contributed by atoms with Gasteiger partial charge in [0.2, 0.25) is 0 Å². The highest BCUT2D eigenvalue weighted by molar-refractivity contribution is 5.64. The van der Waals surface area contributed by atoms with Gasteiger partial charge in [0, 0.05) is 0 Å². The maximum atomic E-state index is 2.50. The van der Waals surface area contributed by atoms with Crippen LogP contribution in [0.25, 0.3) is 11.1 Å². The van der Waals surface area contributed by atoms with Crippen LogP contribution in [0.3, 0.4) is 0 Å². The Morgan fingerprint density at radius 2 is 1.09 bits per heavy atom. The van der Waals surface area contributed by atoms with Gasteiger partial charge >= 0.3 is 0 Å². The van der Waals surface area contributed by atoms with Crippen LogP contribution in [0.2, 0.25) is 0 Å². The molecule has 0 N–H and O–H groups in total. The van der Waals surface area contributed by atoms with Crippen LogP contribution in [0, 0.1) is 12.3 Å². The van der Waals surface area contributed by atoms with Crippen molar-refractivity contribution in [3.05, 3.63) is 59.7 Å². The van der Waals surface area contributed by atoms with E-state index in [0.29, 0.717) is 10.8 Å². The van der Waals surface area contributed by atoms with Gasteiger partial charge in [-0.1, -0.05) is 61.0 Å². The van der Waals surface area contributed by atoms with Crippen molar-refractivity contribution in [1.82, 2.24) is 0 Å². The third-order valence-corrected chi connectivity index (χ3v) is 6.50. The molecule has 0 aromatic heterocycles. The molecule has 22 heavy (non-hydrogen) atoms. The zero-order valence-electron chi connectivity index (χ0n) is 13.9. The quantitative estimate of drug-likeness (QED) is 0.611. The minimum Gasteiger partial charge on any atom is -0.0596 e. The number of rotatable bonds is 2. The van der Waals surface area contributed by atoms with Crippen molar-refractivity contribution in [1.29, 1.82) is 0 Å². The molecule has 0 aliphatic heterocycles. The van der Waals surface area contributed by atoms with Gasteiger partial charge < -0.3 is 0 Å². The van der Waals surface area contributed by atoms with Crippen LogP contribution in [0.4, 0.5) is 0 Å². The first-order chi connectivity index (χ1) is 10.6. The summed E-state index contributed by atoms with van der Waals surface area (Å²) in [6, 6.07) is 18.3. The second-order valence-corrected chi connectivity index (χ2v) is 8.03. The topological polar surface area (TPSA) is 0 Å². The lowest BCUT2D eigenvalue weighted by atomic mass is 9.52. The first kappa shape index (κ1) is 14.1. The van der Waals surface area contributed by atoms with Gasteiger partial charge in [-0.05, 0) is 73.0 Å². The van der Waals surface area contributed by atoms with Crippen LogP contribution >= 0.6 is 0 Å². The molecule has 3 fully saturated rings. The maximum Gasteiger partial charge on any atom is -0.00464 e. The van der Waals surface area contributed by atoms with Crippen LogP contribution < -0.4 is 0 Å². The molecule has 0 atom stereocenters. The van der Waals surface area contributed by atoms with Gasteiger partial charge in [-0.25, -0.2) is 0 Å². The smallest absolute Gasteiger partial charge is 0.00464 e. The van der Waals surface area contributed by atoms with Crippen LogP contribution in [-0.2, 0) is 5.41 Å². The summed E-state index contributed by atoms with van der Waals surface area (Å²) in [6.45, 7) is 4.64. The molecular weight excluding hydrogens is 264 g/mol. The van der Waals surface area contributed by atoms with Crippen molar-refractivity contribution >= 4 is 0 Å². The largest absolute Gasteiger partial charge is 0.0596 e. The number of benzene rings is 2. The second-order valence-electron chi connectivity index (χ2n) is 8.03. The van der Waals surface area contributed by atoms with Crippen LogP contribution in [0.1, 0.15) is 56.6 Å². The minimum absolute atomic E-state index is 0.490. The van der Waals surface area contributed by atoms with Gasteiger partial charge in [0.15, 0.2) is 0 Å². The zero-order valence-corrected chi connectivity index (χ0v) is 13.9. The minimum atomic E-state index is 0.490. The Balaban J connectivity index is 1.61. The fourth-order valence-corrected chi connectivity index (χ4v) is 4.57. The molecule has 0 amide bonds. The lowest BCUT2D eigenvalue weighted by molar-refractivity contribution is 0.0556. The van der Waals surface area contributed by atoms with Gasteiger partial charge in [-0.3, -0.25) is 0 Å². The van der Waals surface area contributed by atoms with E-state index in [0.717, 1.165) is 0 Å². The number of aryl methyl sites for hydroxylation is 1. The lowest BCUT2D eigenvalue weighted by Crippen LogP contribution is -2.42. The van der Waals surface area contributed by atoms with Gasteiger partial charge in [0.1, 0.15) is 0 Å². The first-order valence-corrected chi connectivity index (χ1v) is 8.76. The summed E-state index contributed by atoms with van der Waals surface area (Å²) < 4.78 is 0. The van der Waals surface area contributed by atoms with E-state index in [1.54, 1.807) is 5.56 Å². The van der Waals surface area contributed by atoms with Gasteiger partial charge in [-0.2, -0.15) is 0 Å². The highest BCUT2D eigenvalue weighted by Gasteiger charge is 2.46. The van der Waals surface area contributed by atoms with Crippen molar-refractivity contribution in [3.63, 3.8) is 0 Å². The summed E-state index contributed by atoms with van der Waals surface area (Å²) in [4.78, 5) is 0. The highest BCUT2D eigenvalue weighted by Crippen LogP contribution is 2.57. The lowest BCUT2D eigenvalue weighted by Gasteiger charge is -2.52. The Kier molecular flexibility index (Phi) is 3.18. The SMILES string of the molecule is Cc1ccc(-c2ccc(C34CCC(C)(CC3)CC4)cc2)cc1. The summed E-state index contributed by atoms with van der Waals surface area (Å²) in [6.07, 6.45) is 8.46. The molecule has 0 radical (unpaired) electrons. The zero-order chi connectivity index (χ0) is 15.2. The monoisotopic (exact) mass is 290 g/mol. The van der Waals surface area contributed by atoms with Crippen molar-refractivity contribution < 1.29 is 0 Å². The Morgan fingerprint density at radius 3 is 1.59 bits per heavy atom. The molecule has 0 heterocycles. The molecule has 0 heteroatoms. The molecule has 2 bridgehead atoms.